The van der Waals surface area contributed by atoms with Gasteiger partial charge in [-0.25, -0.2) is 0 Å². The van der Waals surface area contributed by atoms with E-state index >= 15 is 0 Å². The maximum Gasteiger partial charge on any atom is 0.319 e. The Hall–Kier alpha value is -1.59. The van der Waals surface area contributed by atoms with Crippen LogP contribution in [-0.4, -0.2) is 24.8 Å². The number of halogens is 2. The Morgan fingerprint density at radius 3 is 2.54 bits per heavy atom. The summed E-state index contributed by atoms with van der Waals surface area (Å²) in [6.07, 6.45) is -0.610. The fourth-order valence-corrected chi connectivity index (χ4v) is 3.23. The zero-order valence-corrected chi connectivity index (χ0v) is 15.1. The lowest BCUT2D eigenvalue weighted by Gasteiger charge is -2.38. The molecule has 24 heavy (non-hydrogen) atoms. The minimum absolute atomic E-state index is 0.0439. The number of esters is 2. The number of ketones is 1. The van der Waals surface area contributed by atoms with Crippen molar-refractivity contribution in [2.75, 3.05) is 7.11 Å². The summed E-state index contributed by atoms with van der Waals surface area (Å²) in [5, 5.41) is 0.736. The molecule has 2 atom stereocenters. The average molecular weight is 373 g/mol. The number of cyclic esters (lactones) is 1. The standard InChI is InChI=1S/C17H18Cl2O5/c1-17(2)15(21)11(6-7-13(20)23-3)14(24-16(17)22)10-5-4-9(18)8-12(10)19/h4-5,8,11,14H,6-7H2,1-3H3/t11-,14+/m1/s1. The van der Waals surface area contributed by atoms with Crippen molar-refractivity contribution in [2.24, 2.45) is 11.3 Å². The van der Waals surface area contributed by atoms with Crippen LogP contribution in [0.5, 0.6) is 0 Å². The Labute approximate surface area is 150 Å². The van der Waals surface area contributed by atoms with Crippen molar-refractivity contribution >= 4 is 40.9 Å². The number of hydrogen-bond acceptors (Lipinski definition) is 5. The van der Waals surface area contributed by atoms with Crippen molar-refractivity contribution in [1.82, 2.24) is 0 Å². The fraction of sp³-hybridized carbons (Fsp3) is 0.471. The van der Waals surface area contributed by atoms with Crippen molar-refractivity contribution < 1.29 is 23.9 Å². The maximum atomic E-state index is 12.8. The Morgan fingerprint density at radius 2 is 1.96 bits per heavy atom. The molecule has 1 aromatic rings. The van der Waals surface area contributed by atoms with Gasteiger partial charge in [0.15, 0.2) is 5.78 Å². The van der Waals surface area contributed by atoms with Crippen LogP contribution in [-0.2, 0) is 23.9 Å². The second kappa shape index (κ2) is 7.11. The van der Waals surface area contributed by atoms with Gasteiger partial charge >= 0.3 is 11.9 Å². The molecule has 0 aromatic heterocycles. The number of rotatable bonds is 4. The highest BCUT2D eigenvalue weighted by Gasteiger charge is 2.51. The molecule has 1 heterocycles. The van der Waals surface area contributed by atoms with E-state index < -0.39 is 29.4 Å². The molecule has 0 unspecified atom stereocenters. The van der Waals surface area contributed by atoms with Crippen molar-refractivity contribution in [2.45, 2.75) is 32.8 Å². The van der Waals surface area contributed by atoms with Crippen molar-refractivity contribution in [3.05, 3.63) is 33.8 Å². The Balaban J connectivity index is 2.39. The number of carbonyl (C=O) groups is 3. The van der Waals surface area contributed by atoms with Gasteiger partial charge in [-0.05, 0) is 32.4 Å². The topological polar surface area (TPSA) is 69.7 Å². The Morgan fingerprint density at radius 1 is 1.29 bits per heavy atom. The van der Waals surface area contributed by atoms with Gasteiger partial charge in [-0.2, -0.15) is 0 Å². The van der Waals surface area contributed by atoms with Gasteiger partial charge in [0.1, 0.15) is 11.5 Å². The van der Waals surface area contributed by atoms with E-state index in [1.807, 2.05) is 0 Å². The number of hydrogen-bond donors (Lipinski definition) is 0. The van der Waals surface area contributed by atoms with E-state index in [2.05, 4.69) is 4.74 Å². The van der Waals surface area contributed by atoms with E-state index in [9.17, 15) is 14.4 Å². The van der Waals surface area contributed by atoms with E-state index in [1.54, 1.807) is 12.1 Å². The lowest BCUT2D eigenvalue weighted by molar-refractivity contribution is -0.179. The van der Waals surface area contributed by atoms with Gasteiger partial charge in [0, 0.05) is 22.0 Å². The second-order valence-electron chi connectivity index (χ2n) is 6.20. The predicted molar refractivity (Wildman–Crippen MR) is 88.8 cm³/mol. The van der Waals surface area contributed by atoms with E-state index in [0.29, 0.717) is 15.6 Å². The summed E-state index contributed by atoms with van der Waals surface area (Å²) >= 11 is 12.1. The summed E-state index contributed by atoms with van der Waals surface area (Å²) in [6.45, 7) is 3.03. The third kappa shape index (κ3) is 3.57. The smallest absolute Gasteiger partial charge is 0.319 e. The van der Waals surface area contributed by atoms with Crippen LogP contribution in [0, 0.1) is 11.3 Å². The molecule has 0 amide bonds. The molecular weight excluding hydrogens is 355 g/mol. The van der Waals surface area contributed by atoms with Gasteiger partial charge in [-0.1, -0.05) is 29.3 Å². The largest absolute Gasteiger partial charge is 0.469 e. The van der Waals surface area contributed by atoms with Crippen LogP contribution in [0.1, 0.15) is 38.4 Å². The van der Waals surface area contributed by atoms with Gasteiger partial charge in [0.05, 0.1) is 13.0 Å². The van der Waals surface area contributed by atoms with Crippen molar-refractivity contribution in [1.29, 1.82) is 0 Å². The molecule has 0 radical (unpaired) electrons. The first-order valence-corrected chi connectivity index (χ1v) is 8.21. The summed E-state index contributed by atoms with van der Waals surface area (Å²) in [5.41, 5.74) is -0.774. The lowest BCUT2D eigenvalue weighted by Crippen LogP contribution is -2.47. The molecule has 7 heteroatoms. The molecule has 5 nitrogen and oxygen atoms in total. The molecule has 0 saturated carbocycles. The highest BCUT2D eigenvalue weighted by atomic mass is 35.5. The SMILES string of the molecule is COC(=O)CC[C@H]1C(=O)C(C)(C)C(=O)O[C@H]1c1ccc(Cl)cc1Cl. The predicted octanol–water partition coefficient (Wildman–Crippen LogP) is 3.76. The monoisotopic (exact) mass is 372 g/mol. The lowest BCUT2D eigenvalue weighted by atomic mass is 9.73. The molecule has 130 valence electrons. The number of benzene rings is 1. The van der Waals surface area contributed by atoms with Crippen LogP contribution >= 0.6 is 23.2 Å². The van der Waals surface area contributed by atoms with Crippen LogP contribution < -0.4 is 0 Å². The molecule has 1 fully saturated rings. The molecule has 1 aliphatic heterocycles. The first-order chi connectivity index (χ1) is 11.2. The highest BCUT2D eigenvalue weighted by Crippen LogP contribution is 2.44. The van der Waals surface area contributed by atoms with Crippen molar-refractivity contribution in [3.63, 3.8) is 0 Å². The first-order valence-electron chi connectivity index (χ1n) is 7.45. The molecule has 1 aliphatic rings. The van der Waals surface area contributed by atoms with E-state index in [4.69, 9.17) is 27.9 Å². The molecule has 1 aromatic carbocycles. The Bertz CT molecular complexity index is 684. The molecule has 1 saturated heterocycles. The molecule has 2 rings (SSSR count). The summed E-state index contributed by atoms with van der Waals surface area (Å²) in [7, 11) is 1.28. The van der Waals surface area contributed by atoms with Crippen LogP contribution in [0.15, 0.2) is 18.2 Å². The Kier molecular flexibility index (Phi) is 5.56. The maximum absolute atomic E-state index is 12.8. The zero-order valence-electron chi connectivity index (χ0n) is 13.6. The number of carbonyl (C=O) groups excluding carboxylic acids is 3. The van der Waals surface area contributed by atoms with Gasteiger partial charge in [0.25, 0.3) is 0 Å². The second-order valence-corrected chi connectivity index (χ2v) is 7.05. The number of methoxy groups -OCH3 is 1. The van der Waals surface area contributed by atoms with E-state index in [-0.39, 0.29) is 18.6 Å². The number of Topliss-reactive ketones (excluding diaryl/α,β-unsaturated/α-hetero) is 1. The van der Waals surface area contributed by atoms with Gasteiger partial charge in [0.2, 0.25) is 0 Å². The van der Waals surface area contributed by atoms with Gasteiger partial charge in [-0.15, -0.1) is 0 Å². The van der Waals surface area contributed by atoms with Gasteiger partial charge in [-0.3, -0.25) is 14.4 Å². The summed E-state index contributed by atoms with van der Waals surface area (Å²) in [4.78, 5) is 36.5. The first kappa shape index (κ1) is 18.7. The molecule has 0 N–H and O–H groups in total. The molecule has 0 aliphatic carbocycles. The van der Waals surface area contributed by atoms with E-state index in [0.717, 1.165) is 0 Å². The molecular formula is C17H18Cl2O5. The van der Waals surface area contributed by atoms with Crippen LogP contribution in [0.2, 0.25) is 10.0 Å². The summed E-state index contributed by atoms with van der Waals surface area (Å²) < 4.78 is 10.1. The summed E-state index contributed by atoms with van der Waals surface area (Å²) in [5.74, 6) is -2.01. The quantitative estimate of drug-likeness (QED) is 0.594. The zero-order chi connectivity index (χ0) is 18.1. The van der Waals surface area contributed by atoms with Crippen molar-refractivity contribution in [3.8, 4) is 0 Å². The van der Waals surface area contributed by atoms with Crippen LogP contribution in [0.3, 0.4) is 0 Å². The normalized spacial score (nSPS) is 22.9. The minimum atomic E-state index is -1.27. The number of ether oxygens (including phenoxy) is 2. The van der Waals surface area contributed by atoms with Crippen LogP contribution in [0.4, 0.5) is 0 Å². The van der Waals surface area contributed by atoms with E-state index in [1.165, 1.54) is 27.0 Å². The minimum Gasteiger partial charge on any atom is -0.469 e. The molecule has 0 spiro atoms. The third-order valence-corrected chi connectivity index (χ3v) is 4.78. The molecule has 0 bridgehead atoms. The fourth-order valence-electron chi connectivity index (χ4n) is 2.72. The summed E-state index contributed by atoms with van der Waals surface area (Å²) in [6, 6.07) is 4.76. The third-order valence-electron chi connectivity index (χ3n) is 4.22. The van der Waals surface area contributed by atoms with Crippen LogP contribution in [0.25, 0.3) is 0 Å². The highest BCUT2D eigenvalue weighted by molar-refractivity contribution is 6.35. The average Bonchev–Trinajstić information content (AvgIpc) is 2.52. The van der Waals surface area contributed by atoms with Gasteiger partial charge < -0.3 is 9.47 Å².